The molecular weight excluding hydrogens is 440 g/mol. The molecule has 192 valence electrons. The summed E-state index contributed by atoms with van der Waals surface area (Å²) in [6.45, 7) is 3.26. The Morgan fingerprint density at radius 3 is 2.23 bits per heavy atom. The van der Waals surface area contributed by atoms with Gasteiger partial charge in [0.1, 0.15) is 18.5 Å². The van der Waals surface area contributed by atoms with Gasteiger partial charge in [0.25, 0.3) is 0 Å². The van der Waals surface area contributed by atoms with Crippen molar-refractivity contribution in [3.05, 3.63) is 35.9 Å². The van der Waals surface area contributed by atoms with Gasteiger partial charge in [0, 0.05) is 6.08 Å². The number of carbonyl (C=O) groups is 2. The van der Waals surface area contributed by atoms with E-state index in [9.17, 15) is 9.59 Å². The maximum atomic E-state index is 12.7. The number of benzene rings is 1. The van der Waals surface area contributed by atoms with Crippen molar-refractivity contribution >= 4 is 18.0 Å². The van der Waals surface area contributed by atoms with Crippen LogP contribution in [-0.4, -0.2) is 31.3 Å². The molecule has 0 radical (unpaired) electrons. The second-order valence-electron chi connectivity index (χ2n) is 10.8. The molecule has 1 saturated heterocycles. The van der Waals surface area contributed by atoms with Crippen LogP contribution in [-0.2, 0) is 19.1 Å². The monoisotopic (exact) mass is 482 g/mol. The standard InChI is InChI=1S/C30H42O5/c1-2-3-4-5-22-6-11-24(12-7-22)25-13-15-26(16-14-25)30(32)35-27-17-8-23(9-18-27)10-19-29(31)34-21-28-20-33-28/h8-10,17-19,22,24-26,28H,2-7,11-16,20-21H2,1H3. The van der Waals surface area contributed by atoms with E-state index in [-0.39, 0.29) is 24.0 Å². The number of carbonyl (C=O) groups excluding carboxylic acids is 2. The average Bonchev–Trinajstić information content (AvgIpc) is 3.72. The number of hydrogen-bond acceptors (Lipinski definition) is 5. The molecule has 5 nitrogen and oxygen atoms in total. The number of unbranched alkanes of at least 4 members (excludes halogenated alkanes) is 2. The molecule has 2 aliphatic carbocycles. The summed E-state index contributed by atoms with van der Waals surface area (Å²) in [5.41, 5.74) is 0.852. The molecule has 0 N–H and O–H groups in total. The van der Waals surface area contributed by atoms with Gasteiger partial charge in [-0.3, -0.25) is 4.79 Å². The molecule has 2 saturated carbocycles. The topological polar surface area (TPSA) is 65.1 Å². The highest BCUT2D eigenvalue weighted by atomic mass is 16.6. The minimum absolute atomic E-state index is 0.0152. The molecule has 3 fully saturated rings. The first kappa shape index (κ1) is 25.9. The fourth-order valence-electron chi connectivity index (χ4n) is 5.86. The lowest BCUT2D eigenvalue weighted by atomic mass is 9.68. The SMILES string of the molecule is CCCCCC1CCC(C2CCC(C(=O)Oc3ccc(C=CC(=O)OCC4CO4)cc3)CC2)CC1. The number of esters is 2. The summed E-state index contributed by atoms with van der Waals surface area (Å²) in [5, 5.41) is 0. The van der Waals surface area contributed by atoms with Crippen molar-refractivity contribution in [3.63, 3.8) is 0 Å². The summed E-state index contributed by atoms with van der Waals surface area (Å²) in [4.78, 5) is 24.4. The lowest BCUT2D eigenvalue weighted by Crippen LogP contribution is -2.30. The summed E-state index contributed by atoms with van der Waals surface area (Å²) in [5.74, 6) is 2.72. The smallest absolute Gasteiger partial charge is 0.330 e. The van der Waals surface area contributed by atoms with E-state index >= 15 is 0 Å². The van der Waals surface area contributed by atoms with Crippen molar-refractivity contribution in [2.45, 2.75) is 90.1 Å². The van der Waals surface area contributed by atoms with Gasteiger partial charge < -0.3 is 14.2 Å². The van der Waals surface area contributed by atoms with Crippen LogP contribution in [0.3, 0.4) is 0 Å². The molecule has 1 aliphatic heterocycles. The summed E-state index contributed by atoms with van der Waals surface area (Å²) >= 11 is 0. The van der Waals surface area contributed by atoms with Crippen molar-refractivity contribution in [2.75, 3.05) is 13.2 Å². The predicted molar refractivity (Wildman–Crippen MR) is 137 cm³/mol. The minimum atomic E-state index is -0.383. The molecule has 4 rings (SSSR count). The molecule has 1 unspecified atom stereocenters. The van der Waals surface area contributed by atoms with E-state index in [0.717, 1.165) is 49.0 Å². The molecule has 0 bridgehead atoms. The molecule has 1 atom stereocenters. The second-order valence-corrected chi connectivity index (χ2v) is 10.8. The molecule has 1 aromatic carbocycles. The number of hydrogen-bond donors (Lipinski definition) is 0. The minimum Gasteiger partial charge on any atom is -0.460 e. The largest absolute Gasteiger partial charge is 0.460 e. The summed E-state index contributed by atoms with van der Waals surface area (Å²) < 4.78 is 15.8. The fourth-order valence-corrected chi connectivity index (χ4v) is 5.86. The van der Waals surface area contributed by atoms with E-state index < -0.39 is 0 Å². The summed E-state index contributed by atoms with van der Waals surface area (Å²) in [6.07, 6.45) is 18.6. The van der Waals surface area contributed by atoms with Crippen molar-refractivity contribution in [1.82, 2.24) is 0 Å². The highest BCUT2D eigenvalue weighted by molar-refractivity contribution is 5.87. The summed E-state index contributed by atoms with van der Waals surface area (Å²) in [7, 11) is 0. The first-order valence-electron chi connectivity index (χ1n) is 13.9. The van der Waals surface area contributed by atoms with E-state index in [0.29, 0.717) is 19.0 Å². The van der Waals surface area contributed by atoms with Crippen LogP contribution in [0.4, 0.5) is 0 Å². The number of rotatable bonds is 11. The third kappa shape index (κ3) is 8.49. The number of epoxide rings is 1. The Morgan fingerprint density at radius 1 is 0.943 bits per heavy atom. The zero-order valence-corrected chi connectivity index (χ0v) is 21.3. The van der Waals surface area contributed by atoms with Crippen LogP contribution < -0.4 is 4.74 Å². The molecule has 1 heterocycles. The third-order valence-electron chi connectivity index (χ3n) is 8.20. The van der Waals surface area contributed by atoms with Gasteiger partial charge in [0.05, 0.1) is 12.5 Å². The zero-order chi connectivity index (χ0) is 24.5. The predicted octanol–water partition coefficient (Wildman–Crippen LogP) is 6.74. The van der Waals surface area contributed by atoms with Crippen LogP contribution in [0.15, 0.2) is 30.3 Å². The Morgan fingerprint density at radius 2 is 1.60 bits per heavy atom. The van der Waals surface area contributed by atoms with Crippen LogP contribution in [0, 0.1) is 23.7 Å². The van der Waals surface area contributed by atoms with Gasteiger partial charge in [0.15, 0.2) is 0 Å². The molecule has 0 spiro atoms. The van der Waals surface area contributed by atoms with E-state index in [1.54, 1.807) is 18.2 Å². The zero-order valence-electron chi connectivity index (χ0n) is 21.3. The van der Waals surface area contributed by atoms with Gasteiger partial charge in [-0.2, -0.15) is 0 Å². The van der Waals surface area contributed by atoms with Gasteiger partial charge in [-0.15, -0.1) is 0 Å². The van der Waals surface area contributed by atoms with E-state index in [2.05, 4.69) is 6.92 Å². The first-order chi connectivity index (χ1) is 17.1. The first-order valence-corrected chi connectivity index (χ1v) is 13.9. The van der Waals surface area contributed by atoms with Crippen molar-refractivity contribution in [1.29, 1.82) is 0 Å². The Hall–Kier alpha value is -2.14. The number of ether oxygens (including phenoxy) is 3. The molecular formula is C30H42O5. The molecule has 5 heteroatoms. The summed E-state index contributed by atoms with van der Waals surface area (Å²) in [6, 6.07) is 7.24. The maximum absolute atomic E-state index is 12.7. The normalized spacial score (nSPS) is 28.5. The molecule has 0 amide bonds. The van der Waals surface area contributed by atoms with E-state index in [1.807, 2.05) is 12.1 Å². The quantitative estimate of drug-likeness (QED) is 0.115. The maximum Gasteiger partial charge on any atom is 0.330 e. The molecule has 35 heavy (non-hydrogen) atoms. The highest BCUT2D eigenvalue weighted by Crippen LogP contribution is 2.42. The Balaban J connectivity index is 1.14. The second kappa shape index (κ2) is 13.2. The fraction of sp³-hybridized carbons (Fsp3) is 0.667. The lowest BCUT2D eigenvalue weighted by molar-refractivity contribution is -0.140. The van der Waals surface area contributed by atoms with Crippen molar-refractivity contribution in [3.8, 4) is 5.75 Å². The lowest BCUT2D eigenvalue weighted by Gasteiger charge is -2.37. The third-order valence-corrected chi connectivity index (χ3v) is 8.20. The van der Waals surface area contributed by atoms with Gasteiger partial charge >= 0.3 is 11.9 Å². The Bertz CT molecular complexity index is 825. The van der Waals surface area contributed by atoms with Crippen molar-refractivity contribution < 1.29 is 23.8 Å². The van der Waals surface area contributed by atoms with Crippen molar-refractivity contribution in [2.24, 2.45) is 23.7 Å². The average molecular weight is 483 g/mol. The van der Waals surface area contributed by atoms with Crippen LogP contribution in [0.2, 0.25) is 0 Å². The molecule has 0 aromatic heterocycles. The van der Waals surface area contributed by atoms with Crippen LogP contribution in [0.5, 0.6) is 5.75 Å². The Labute approximate surface area is 210 Å². The molecule has 3 aliphatic rings. The van der Waals surface area contributed by atoms with Gasteiger partial charge in [-0.25, -0.2) is 4.79 Å². The highest BCUT2D eigenvalue weighted by Gasteiger charge is 2.33. The van der Waals surface area contributed by atoms with Gasteiger partial charge in [-0.05, 0) is 80.1 Å². The molecule has 1 aromatic rings. The van der Waals surface area contributed by atoms with Crippen LogP contribution >= 0.6 is 0 Å². The van der Waals surface area contributed by atoms with E-state index in [4.69, 9.17) is 14.2 Å². The van der Waals surface area contributed by atoms with Gasteiger partial charge in [0.2, 0.25) is 0 Å². The van der Waals surface area contributed by atoms with Crippen LogP contribution in [0.1, 0.15) is 89.5 Å². The Kier molecular flexibility index (Phi) is 9.82. The van der Waals surface area contributed by atoms with E-state index in [1.165, 1.54) is 57.4 Å². The van der Waals surface area contributed by atoms with Crippen LogP contribution in [0.25, 0.3) is 6.08 Å². The van der Waals surface area contributed by atoms with Gasteiger partial charge in [-0.1, -0.05) is 57.6 Å².